The van der Waals surface area contributed by atoms with Gasteiger partial charge in [0.1, 0.15) is 0 Å². The summed E-state index contributed by atoms with van der Waals surface area (Å²) < 4.78 is 26.5. The Labute approximate surface area is 102 Å². The monoisotopic (exact) mass is 264 g/mol. The van der Waals surface area contributed by atoms with Crippen LogP contribution in [0.15, 0.2) is 0 Å². The van der Waals surface area contributed by atoms with E-state index in [-0.39, 0.29) is 17.6 Å². The summed E-state index contributed by atoms with van der Waals surface area (Å²) in [4.78, 5) is 13.3. The minimum Gasteiger partial charge on any atom is -0.465 e. The summed E-state index contributed by atoms with van der Waals surface area (Å²) in [6.07, 6.45) is 1.88. The van der Waals surface area contributed by atoms with Crippen LogP contribution in [0.2, 0.25) is 0 Å². The quantitative estimate of drug-likeness (QED) is 0.497. The number of carbonyl (C=O) groups is 1. The fraction of sp³-hybridized carbons (Fsp3) is 0.900. The summed E-state index contributed by atoms with van der Waals surface area (Å²) in [7, 11) is -3.41. The van der Waals surface area contributed by atoms with E-state index >= 15 is 0 Å². The van der Waals surface area contributed by atoms with E-state index in [1.54, 1.807) is 0 Å². The van der Waals surface area contributed by atoms with Gasteiger partial charge < -0.3 is 9.64 Å². The Hall–Kier alpha value is -0.660. The first kappa shape index (κ1) is 14.4. The highest BCUT2D eigenvalue weighted by Gasteiger charge is 2.33. The predicted molar refractivity (Wildman–Crippen MR) is 63.8 cm³/mol. The van der Waals surface area contributed by atoms with Gasteiger partial charge in [-0.15, -0.1) is 0 Å². The average Bonchev–Trinajstić information content (AvgIpc) is 2.13. The third kappa shape index (κ3) is 5.47. The molecule has 0 aromatic rings. The van der Waals surface area contributed by atoms with E-state index in [0.29, 0.717) is 26.2 Å². The first-order chi connectivity index (χ1) is 7.92. The standard InChI is InChI=1S/C10H20N2O4S/c1-2-3-5-16-10(13)9-7-12(8-9)4-6-17(11,14)15/h9H,2-8H2,1H3,(H2,11,14,15). The lowest BCUT2D eigenvalue weighted by Crippen LogP contribution is -2.52. The summed E-state index contributed by atoms with van der Waals surface area (Å²) in [5.74, 6) is -0.345. The zero-order valence-electron chi connectivity index (χ0n) is 10.1. The normalized spacial score (nSPS) is 17.8. The van der Waals surface area contributed by atoms with Crippen LogP contribution >= 0.6 is 0 Å². The van der Waals surface area contributed by atoms with Crippen molar-refractivity contribution < 1.29 is 17.9 Å². The van der Waals surface area contributed by atoms with E-state index in [1.807, 2.05) is 11.8 Å². The van der Waals surface area contributed by atoms with Crippen LogP contribution in [-0.4, -0.2) is 51.3 Å². The number of hydrogen-bond acceptors (Lipinski definition) is 5. The fourth-order valence-corrected chi connectivity index (χ4v) is 2.11. The number of primary sulfonamides is 1. The number of sulfonamides is 1. The van der Waals surface area contributed by atoms with E-state index in [9.17, 15) is 13.2 Å². The van der Waals surface area contributed by atoms with Crippen molar-refractivity contribution in [3.63, 3.8) is 0 Å². The summed E-state index contributed by atoms with van der Waals surface area (Å²) in [6, 6.07) is 0. The molecule has 0 aromatic carbocycles. The van der Waals surface area contributed by atoms with Gasteiger partial charge in [-0.2, -0.15) is 0 Å². The smallest absolute Gasteiger partial charge is 0.311 e. The minimum absolute atomic E-state index is 0.0649. The lowest BCUT2D eigenvalue weighted by Gasteiger charge is -2.37. The number of rotatable bonds is 7. The highest BCUT2D eigenvalue weighted by Crippen LogP contribution is 2.16. The van der Waals surface area contributed by atoms with E-state index in [2.05, 4.69) is 0 Å². The second kappa shape index (κ2) is 6.32. The van der Waals surface area contributed by atoms with Crippen molar-refractivity contribution in [1.82, 2.24) is 4.90 Å². The first-order valence-electron chi connectivity index (χ1n) is 5.82. The Bertz CT molecular complexity index is 349. The van der Waals surface area contributed by atoms with E-state index in [1.165, 1.54) is 0 Å². The van der Waals surface area contributed by atoms with Crippen LogP contribution in [-0.2, 0) is 19.6 Å². The SMILES string of the molecule is CCCCOC(=O)C1CN(CCS(N)(=O)=O)C1. The molecule has 0 aliphatic carbocycles. The van der Waals surface area contributed by atoms with Gasteiger partial charge in [0.2, 0.25) is 10.0 Å². The zero-order valence-corrected chi connectivity index (χ0v) is 10.9. The van der Waals surface area contributed by atoms with Gasteiger partial charge in [0.25, 0.3) is 0 Å². The Morgan fingerprint density at radius 3 is 2.65 bits per heavy atom. The van der Waals surface area contributed by atoms with Gasteiger partial charge >= 0.3 is 5.97 Å². The molecule has 0 atom stereocenters. The molecule has 0 aromatic heterocycles. The second-order valence-corrected chi connectivity index (χ2v) is 6.08. The molecule has 2 N–H and O–H groups in total. The number of ether oxygens (including phenoxy) is 1. The molecule has 6 nitrogen and oxygen atoms in total. The van der Waals surface area contributed by atoms with Gasteiger partial charge in [-0.05, 0) is 6.42 Å². The number of hydrogen-bond donors (Lipinski definition) is 1. The van der Waals surface area contributed by atoms with Crippen molar-refractivity contribution in [2.45, 2.75) is 19.8 Å². The molecular weight excluding hydrogens is 244 g/mol. The molecule has 17 heavy (non-hydrogen) atoms. The topological polar surface area (TPSA) is 89.7 Å². The Kier molecular flexibility index (Phi) is 5.35. The molecule has 1 rings (SSSR count). The van der Waals surface area contributed by atoms with Crippen LogP contribution in [0.3, 0.4) is 0 Å². The van der Waals surface area contributed by atoms with Crippen molar-refractivity contribution in [3.05, 3.63) is 0 Å². The first-order valence-corrected chi connectivity index (χ1v) is 7.53. The van der Waals surface area contributed by atoms with Crippen molar-refractivity contribution >= 4 is 16.0 Å². The second-order valence-electron chi connectivity index (χ2n) is 4.34. The van der Waals surface area contributed by atoms with Crippen LogP contribution in [0.25, 0.3) is 0 Å². The maximum Gasteiger partial charge on any atom is 0.311 e. The van der Waals surface area contributed by atoms with E-state index < -0.39 is 10.0 Å². The predicted octanol–water partition coefficient (Wildman–Crippen LogP) is -0.450. The average molecular weight is 264 g/mol. The maximum atomic E-state index is 11.5. The van der Waals surface area contributed by atoms with E-state index in [0.717, 1.165) is 12.8 Å². The van der Waals surface area contributed by atoms with Gasteiger partial charge in [-0.3, -0.25) is 4.79 Å². The van der Waals surface area contributed by atoms with Crippen molar-refractivity contribution in [3.8, 4) is 0 Å². The number of nitrogens with two attached hydrogens (primary N) is 1. The summed E-state index contributed by atoms with van der Waals surface area (Å²) >= 11 is 0. The molecule has 1 heterocycles. The molecule has 100 valence electrons. The molecule has 1 saturated heterocycles. The Balaban J connectivity index is 2.12. The molecular formula is C10H20N2O4S. The zero-order chi connectivity index (χ0) is 12.9. The highest BCUT2D eigenvalue weighted by molar-refractivity contribution is 7.89. The summed E-state index contributed by atoms with van der Waals surface area (Å²) in [5.41, 5.74) is 0. The number of likely N-dealkylation sites (tertiary alicyclic amines) is 1. The van der Waals surface area contributed by atoms with Crippen LogP contribution in [0, 0.1) is 5.92 Å². The van der Waals surface area contributed by atoms with Crippen LogP contribution in [0.1, 0.15) is 19.8 Å². The molecule has 0 amide bonds. The number of nitrogens with zero attached hydrogens (tertiary/aromatic N) is 1. The summed E-state index contributed by atoms with van der Waals surface area (Å²) in [5, 5.41) is 4.89. The molecule has 7 heteroatoms. The molecule has 0 spiro atoms. The van der Waals surface area contributed by atoms with Gasteiger partial charge in [0, 0.05) is 19.6 Å². The molecule has 1 aliphatic rings. The van der Waals surface area contributed by atoms with Gasteiger partial charge in [-0.25, -0.2) is 13.6 Å². The third-order valence-corrected chi connectivity index (χ3v) is 3.48. The Morgan fingerprint density at radius 2 is 2.12 bits per heavy atom. The fourth-order valence-electron chi connectivity index (χ4n) is 1.59. The number of carbonyl (C=O) groups excluding carboxylic acids is 1. The highest BCUT2D eigenvalue weighted by atomic mass is 32.2. The largest absolute Gasteiger partial charge is 0.465 e. The molecule has 0 radical (unpaired) electrons. The molecule has 0 unspecified atom stereocenters. The van der Waals surface area contributed by atoms with Crippen molar-refractivity contribution in [1.29, 1.82) is 0 Å². The molecule has 0 saturated carbocycles. The van der Waals surface area contributed by atoms with Crippen LogP contribution < -0.4 is 5.14 Å². The third-order valence-electron chi connectivity index (χ3n) is 2.72. The minimum atomic E-state index is -3.41. The van der Waals surface area contributed by atoms with Gasteiger partial charge in [0.05, 0.1) is 18.3 Å². The van der Waals surface area contributed by atoms with Gasteiger partial charge in [-0.1, -0.05) is 13.3 Å². The van der Waals surface area contributed by atoms with Gasteiger partial charge in [0.15, 0.2) is 0 Å². The van der Waals surface area contributed by atoms with E-state index in [4.69, 9.17) is 9.88 Å². The van der Waals surface area contributed by atoms with Crippen LogP contribution in [0.4, 0.5) is 0 Å². The van der Waals surface area contributed by atoms with Crippen molar-refractivity contribution in [2.75, 3.05) is 32.0 Å². The molecule has 1 fully saturated rings. The lowest BCUT2D eigenvalue weighted by atomic mass is 10.0. The lowest BCUT2D eigenvalue weighted by molar-refractivity contribution is -0.154. The number of esters is 1. The number of unbranched alkanes of at least 4 members (excludes halogenated alkanes) is 1. The van der Waals surface area contributed by atoms with Crippen molar-refractivity contribution in [2.24, 2.45) is 11.1 Å². The molecule has 1 aliphatic heterocycles. The van der Waals surface area contributed by atoms with Crippen LogP contribution in [0.5, 0.6) is 0 Å². The maximum absolute atomic E-state index is 11.5. The summed E-state index contributed by atoms with van der Waals surface area (Å²) in [6.45, 7) is 4.04. The molecule has 0 bridgehead atoms. The Morgan fingerprint density at radius 1 is 1.47 bits per heavy atom.